The van der Waals surface area contributed by atoms with Crippen molar-refractivity contribution >= 4 is 50.2 Å². The number of hydroxylamine groups is 1. The fourth-order valence-electron chi connectivity index (χ4n) is 6.15. The number of hydrogen-bond acceptors (Lipinski definition) is 10. The summed E-state index contributed by atoms with van der Waals surface area (Å²) in [5.41, 5.74) is 0.0836. The Morgan fingerprint density at radius 2 is 1.76 bits per heavy atom. The number of aromatic nitrogens is 2. The molecule has 256 valence electrons. The summed E-state index contributed by atoms with van der Waals surface area (Å²) in [5.74, 6) is -3.93. The van der Waals surface area contributed by atoms with Crippen LogP contribution in [0.1, 0.15) is 26.7 Å². The number of para-hydroxylation sites is 2. The Kier molecular flexibility index (Phi) is 9.28. The molecule has 13 nitrogen and oxygen atoms in total. The number of rotatable bonds is 12. The van der Waals surface area contributed by atoms with E-state index >= 15 is 0 Å². The van der Waals surface area contributed by atoms with Crippen LogP contribution in [-0.4, -0.2) is 86.1 Å². The highest BCUT2D eigenvalue weighted by atomic mass is 32.2. The predicted octanol–water partition coefficient (Wildman–Crippen LogP) is 3.96. The van der Waals surface area contributed by atoms with Crippen LogP contribution in [0.15, 0.2) is 89.7 Å². The zero-order chi connectivity index (χ0) is 35.1. The smallest absolute Gasteiger partial charge is 0.330 e. The zero-order valence-electron chi connectivity index (χ0n) is 26.7. The SMILES string of the molecule is C=C[C@@H]1CC1(NC(=O)[C@@H]1C[C@@H](Oc2nc3ccccc3nc2-c2cccs2)CN1C(=O)C(C(C)C)N(O)S(=O)(=O)c1ccccc1)C(=O)O. The summed E-state index contributed by atoms with van der Waals surface area (Å²) in [7, 11) is -4.55. The Bertz CT molecular complexity index is 2010. The average Bonchev–Trinajstić information content (AvgIpc) is 3.38. The Hall–Kier alpha value is -4.70. The molecule has 1 aliphatic carbocycles. The molecule has 2 fully saturated rings. The fourth-order valence-corrected chi connectivity index (χ4v) is 8.20. The van der Waals surface area contributed by atoms with Gasteiger partial charge in [0, 0.05) is 12.3 Å². The van der Waals surface area contributed by atoms with Crippen molar-refractivity contribution in [3.8, 4) is 16.5 Å². The number of carboxylic acid groups (broad SMARTS) is 1. The number of nitrogens with one attached hydrogen (secondary N) is 1. The molecule has 1 saturated heterocycles. The number of benzene rings is 2. The lowest BCUT2D eigenvalue weighted by atomic mass is 10.0. The van der Waals surface area contributed by atoms with Gasteiger partial charge >= 0.3 is 5.97 Å². The van der Waals surface area contributed by atoms with E-state index in [0.717, 1.165) is 9.78 Å². The van der Waals surface area contributed by atoms with Gasteiger partial charge in [0.05, 0.1) is 27.4 Å². The molecule has 6 rings (SSSR count). The summed E-state index contributed by atoms with van der Waals surface area (Å²) >= 11 is 1.43. The monoisotopic (exact) mass is 705 g/mol. The van der Waals surface area contributed by atoms with Crippen molar-refractivity contribution in [1.29, 1.82) is 0 Å². The summed E-state index contributed by atoms with van der Waals surface area (Å²) < 4.78 is 33.3. The van der Waals surface area contributed by atoms with Crippen LogP contribution >= 0.6 is 11.3 Å². The van der Waals surface area contributed by atoms with E-state index in [1.807, 2.05) is 35.7 Å². The van der Waals surface area contributed by atoms with Crippen LogP contribution in [0.25, 0.3) is 21.6 Å². The van der Waals surface area contributed by atoms with Gasteiger partial charge in [0.15, 0.2) is 0 Å². The summed E-state index contributed by atoms with van der Waals surface area (Å²) in [6, 6.07) is 15.3. The van der Waals surface area contributed by atoms with Crippen LogP contribution in [0.4, 0.5) is 0 Å². The number of fused-ring (bicyclic) bond motifs is 1. The van der Waals surface area contributed by atoms with Crippen molar-refractivity contribution < 1.29 is 37.9 Å². The molecular formula is C34H35N5O8S2. The third-order valence-corrected chi connectivity index (χ3v) is 11.3. The molecule has 15 heteroatoms. The second kappa shape index (κ2) is 13.3. The van der Waals surface area contributed by atoms with E-state index in [2.05, 4.69) is 11.9 Å². The fraction of sp³-hybridized carbons (Fsp3) is 0.324. The van der Waals surface area contributed by atoms with E-state index in [1.54, 1.807) is 26.0 Å². The number of carboxylic acids is 1. The highest BCUT2D eigenvalue weighted by molar-refractivity contribution is 7.89. The number of sulfonamides is 1. The number of likely N-dealkylation sites (tertiary alicyclic amines) is 1. The lowest BCUT2D eigenvalue weighted by molar-refractivity contribution is -0.152. The Labute approximate surface area is 286 Å². The van der Waals surface area contributed by atoms with Crippen LogP contribution in [0.5, 0.6) is 5.88 Å². The second-order valence-electron chi connectivity index (χ2n) is 12.4. The van der Waals surface area contributed by atoms with Crippen LogP contribution in [0.2, 0.25) is 0 Å². The van der Waals surface area contributed by atoms with E-state index in [-0.39, 0.29) is 34.6 Å². The molecule has 5 atom stereocenters. The van der Waals surface area contributed by atoms with Crippen molar-refractivity contribution in [2.75, 3.05) is 6.54 Å². The van der Waals surface area contributed by atoms with E-state index in [0.29, 0.717) is 16.7 Å². The first-order valence-corrected chi connectivity index (χ1v) is 17.9. The maximum absolute atomic E-state index is 14.3. The van der Waals surface area contributed by atoms with E-state index in [1.165, 1.54) is 41.7 Å². The first-order chi connectivity index (χ1) is 23.4. The molecule has 0 bridgehead atoms. The standard InChI is InChI=1S/C34H35N5O8S2/c1-4-21-18-34(21,33(42)43)37-30(40)26-17-22(47-31-28(27-15-10-16-48-27)35-24-13-8-9-14-25(24)36-31)19-38(26)32(41)29(20(2)3)39(44)49(45,46)23-11-6-5-7-12-23/h4-16,20-22,26,29,44H,1,17-19H2,2-3H3,(H,37,40)(H,42,43)/t21-,22-,26+,29?,34?/m1/s1. The number of hydrogen-bond donors (Lipinski definition) is 3. The van der Waals surface area contributed by atoms with Gasteiger partial charge in [0.2, 0.25) is 17.7 Å². The number of carbonyl (C=O) groups excluding carboxylic acids is 2. The predicted molar refractivity (Wildman–Crippen MR) is 180 cm³/mol. The summed E-state index contributed by atoms with van der Waals surface area (Å²) in [5, 5.41) is 25.6. The first kappa shape index (κ1) is 34.2. The van der Waals surface area contributed by atoms with Gasteiger partial charge < -0.3 is 20.1 Å². The number of nitrogens with zero attached hydrogens (tertiary/aromatic N) is 4. The molecule has 3 N–H and O–H groups in total. The highest BCUT2D eigenvalue weighted by Crippen LogP contribution is 2.45. The third-order valence-electron chi connectivity index (χ3n) is 8.86. The average molecular weight is 706 g/mol. The minimum atomic E-state index is -4.55. The lowest BCUT2D eigenvalue weighted by Gasteiger charge is -2.33. The molecule has 2 aromatic carbocycles. The number of ether oxygens (including phenoxy) is 1. The second-order valence-corrected chi connectivity index (χ2v) is 15.2. The Morgan fingerprint density at radius 1 is 1.08 bits per heavy atom. The molecule has 49 heavy (non-hydrogen) atoms. The Morgan fingerprint density at radius 3 is 2.35 bits per heavy atom. The minimum Gasteiger partial charge on any atom is -0.479 e. The molecule has 0 radical (unpaired) electrons. The molecule has 3 heterocycles. The number of aliphatic carboxylic acids is 1. The van der Waals surface area contributed by atoms with Crippen LogP contribution in [-0.2, 0) is 24.4 Å². The molecule has 1 aliphatic heterocycles. The van der Waals surface area contributed by atoms with E-state index in [9.17, 15) is 33.1 Å². The third kappa shape index (κ3) is 6.41. The largest absolute Gasteiger partial charge is 0.479 e. The summed E-state index contributed by atoms with van der Waals surface area (Å²) in [6.45, 7) is 6.62. The van der Waals surface area contributed by atoms with E-state index < -0.39 is 63.4 Å². The topological polar surface area (TPSA) is 179 Å². The van der Waals surface area contributed by atoms with Crippen molar-refractivity contribution in [1.82, 2.24) is 24.7 Å². The molecular weight excluding hydrogens is 671 g/mol. The Balaban J connectivity index is 1.35. The van der Waals surface area contributed by atoms with Crippen molar-refractivity contribution in [2.24, 2.45) is 11.8 Å². The van der Waals surface area contributed by atoms with E-state index in [4.69, 9.17) is 14.7 Å². The molecule has 2 aliphatic rings. The minimum absolute atomic E-state index is 0.0373. The zero-order valence-corrected chi connectivity index (χ0v) is 28.3. The molecule has 2 unspecified atom stereocenters. The maximum Gasteiger partial charge on any atom is 0.330 e. The maximum atomic E-state index is 14.3. The molecule has 1 saturated carbocycles. The quantitative estimate of drug-likeness (QED) is 0.144. The number of amides is 2. The number of thiophene rings is 1. The van der Waals surface area contributed by atoms with Crippen molar-refractivity contribution in [2.45, 2.75) is 55.3 Å². The molecule has 2 amide bonds. The first-order valence-electron chi connectivity index (χ1n) is 15.6. The summed E-state index contributed by atoms with van der Waals surface area (Å²) in [4.78, 5) is 51.7. The normalized spacial score (nSPS) is 22.6. The van der Waals surface area contributed by atoms with Crippen molar-refractivity contribution in [3.05, 3.63) is 84.8 Å². The van der Waals surface area contributed by atoms with Gasteiger partial charge in [0.1, 0.15) is 29.4 Å². The van der Waals surface area contributed by atoms with Gasteiger partial charge in [-0.05, 0) is 48.1 Å². The van der Waals surface area contributed by atoms with Crippen molar-refractivity contribution in [3.63, 3.8) is 0 Å². The van der Waals surface area contributed by atoms with Crippen LogP contribution in [0, 0.1) is 11.8 Å². The molecule has 4 aromatic rings. The number of carbonyl (C=O) groups is 3. The van der Waals surface area contributed by atoms with Gasteiger partial charge in [-0.3, -0.25) is 14.8 Å². The van der Waals surface area contributed by atoms with Gasteiger partial charge in [0.25, 0.3) is 10.0 Å². The summed E-state index contributed by atoms with van der Waals surface area (Å²) in [6.07, 6.45) is 0.666. The van der Waals surface area contributed by atoms with Gasteiger partial charge in [-0.15, -0.1) is 17.9 Å². The lowest BCUT2D eigenvalue weighted by Crippen LogP contribution is -2.57. The van der Waals surface area contributed by atoms with Gasteiger partial charge in [-0.25, -0.2) is 23.2 Å². The van der Waals surface area contributed by atoms with Crippen LogP contribution in [0.3, 0.4) is 0 Å². The van der Waals surface area contributed by atoms with Gasteiger partial charge in [-0.1, -0.05) is 60.8 Å². The molecule has 2 aromatic heterocycles. The highest BCUT2D eigenvalue weighted by Gasteiger charge is 2.61. The van der Waals surface area contributed by atoms with Gasteiger partial charge in [-0.2, -0.15) is 0 Å². The molecule has 0 spiro atoms. The van der Waals surface area contributed by atoms with Crippen LogP contribution < -0.4 is 10.1 Å².